The Morgan fingerprint density at radius 3 is 1.98 bits per heavy atom. The Morgan fingerprint density at radius 1 is 0.543 bits per heavy atom. The predicted molar refractivity (Wildman–Crippen MR) is 195 cm³/mol. The lowest BCUT2D eigenvalue weighted by atomic mass is 9.66. The molecule has 1 atom stereocenters. The quantitative estimate of drug-likeness (QED) is 0.184. The van der Waals surface area contributed by atoms with Gasteiger partial charge >= 0.3 is 0 Å². The molecule has 0 amide bonds. The number of hydrogen-bond donors (Lipinski definition) is 0. The second kappa shape index (κ2) is 8.53. The molecule has 0 saturated heterocycles. The van der Waals surface area contributed by atoms with E-state index in [2.05, 4.69) is 146 Å². The van der Waals surface area contributed by atoms with Crippen LogP contribution < -0.4 is 0 Å². The lowest BCUT2D eigenvalue weighted by Gasteiger charge is -2.37. The molecule has 1 heterocycles. The van der Waals surface area contributed by atoms with Crippen LogP contribution in [0.3, 0.4) is 0 Å². The number of benzene rings is 8. The SMILES string of the molecule is CC12C=Cc3cccc4ccc(c1c34)C(c1ccc3oc4ccc(-c5ccc6ccc7cccc8ccc5c6c78)cc4c3c1)=CC2. The molecule has 0 bridgehead atoms. The summed E-state index contributed by atoms with van der Waals surface area (Å²) in [6, 6.07) is 45.0. The summed E-state index contributed by atoms with van der Waals surface area (Å²) in [6.07, 6.45) is 8.17. The number of furan rings is 1. The van der Waals surface area contributed by atoms with Crippen LogP contribution in [-0.2, 0) is 5.41 Å². The summed E-state index contributed by atoms with van der Waals surface area (Å²) in [4.78, 5) is 0. The van der Waals surface area contributed by atoms with Crippen molar-refractivity contribution in [2.24, 2.45) is 0 Å². The average molecular weight is 585 g/mol. The van der Waals surface area contributed by atoms with Crippen LogP contribution in [0.4, 0.5) is 0 Å². The molecule has 0 radical (unpaired) electrons. The first kappa shape index (κ1) is 24.6. The third-order valence-electron chi connectivity index (χ3n) is 10.9. The smallest absolute Gasteiger partial charge is 0.135 e. The number of fused-ring (bicyclic) bond motifs is 3. The zero-order chi connectivity index (χ0) is 30.1. The second-order valence-electron chi connectivity index (χ2n) is 13.5. The van der Waals surface area contributed by atoms with Gasteiger partial charge in [0.15, 0.2) is 0 Å². The molecule has 0 N–H and O–H groups in total. The van der Waals surface area contributed by atoms with E-state index in [4.69, 9.17) is 4.42 Å². The highest BCUT2D eigenvalue weighted by atomic mass is 16.3. The van der Waals surface area contributed by atoms with Gasteiger partial charge in [0, 0.05) is 16.2 Å². The van der Waals surface area contributed by atoms with Gasteiger partial charge in [-0.2, -0.15) is 0 Å². The van der Waals surface area contributed by atoms with Crippen molar-refractivity contribution in [2.45, 2.75) is 18.8 Å². The Labute approximate surface area is 266 Å². The maximum absolute atomic E-state index is 6.42. The molecule has 1 unspecified atom stereocenters. The van der Waals surface area contributed by atoms with Crippen LogP contribution in [0.1, 0.15) is 35.6 Å². The minimum absolute atomic E-state index is 0.00864. The molecule has 0 saturated carbocycles. The molecule has 1 heteroatoms. The molecule has 1 nitrogen and oxygen atoms in total. The van der Waals surface area contributed by atoms with Gasteiger partial charge in [-0.25, -0.2) is 0 Å². The minimum atomic E-state index is 0.00864. The molecule has 0 spiro atoms. The predicted octanol–water partition coefficient (Wildman–Crippen LogP) is 12.4. The van der Waals surface area contributed by atoms with Crippen LogP contribution in [0.2, 0.25) is 0 Å². The van der Waals surface area contributed by atoms with Crippen molar-refractivity contribution < 1.29 is 4.42 Å². The van der Waals surface area contributed by atoms with E-state index in [1.165, 1.54) is 82.0 Å². The normalized spacial score (nSPS) is 17.3. The van der Waals surface area contributed by atoms with Gasteiger partial charge in [-0.05, 0) is 113 Å². The molecule has 214 valence electrons. The van der Waals surface area contributed by atoms with Crippen LogP contribution in [0.15, 0.2) is 138 Å². The summed E-state index contributed by atoms with van der Waals surface area (Å²) in [7, 11) is 0. The summed E-state index contributed by atoms with van der Waals surface area (Å²) in [5.41, 5.74) is 11.0. The fourth-order valence-electron chi connectivity index (χ4n) is 8.69. The highest BCUT2D eigenvalue weighted by Gasteiger charge is 2.35. The van der Waals surface area contributed by atoms with Crippen LogP contribution in [0.5, 0.6) is 0 Å². The highest BCUT2D eigenvalue weighted by Crippen LogP contribution is 2.50. The molecule has 46 heavy (non-hydrogen) atoms. The molecule has 2 aliphatic carbocycles. The van der Waals surface area contributed by atoms with Crippen LogP contribution in [0.25, 0.3) is 87.8 Å². The molecule has 2 aliphatic rings. The van der Waals surface area contributed by atoms with Gasteiger partial charge in [-0.15, -0.1) is 0 Å². The third kappa shape index (κ3) is 3.15. The van der Waals surface area contributed by atoms with E-state index in [1.807, 2.05) is 0 Å². The molecule has 0 aliphatic heterocycles. The standard InChI is InChI=1S/C45H28O/c1-45-22-20-29-7-3-6-28-12-17-36(44(45)42(28)29)34(21-23-45)32-14-19-40-38(25-32)37-24-31(13-18-39(37)46-40)33-15-10-30-9-8-26-4-2-5-27-11-16-35(33)43(30)41(26)27/h2-22,24-25H,23H2,1H3. The van der Waals surface area contributed by atoms with Gasteiger partial charge < -0.3 is 4.42 Å². The first-order chi connectivity index (χ1) is 22.6. The van der Waals surface area contributed by atoms with E-state index < -0.39 is 0 Å². The molecule has 0 fully saturated rings. The molecule has 1 aromatic heterocycles. The van der Waals surface area contributed by atoms with E-state index >= 15 is 0 Å². The number of hydrogen-bond acceptors (Lipinski definition) is 1. The topological polar surface area (TPSA) is 13.1 Å². The third-order valence-corrected chi connectivity index (χ3v) is 10.9. The molecule has 11 rings (SSSR count). The summed E-state index contributed by atoms with van der Waals surface area (Å²) in [6.45, 7) is 2.39. The van der Waals surface area contributed by atoms with E-state index in [9.17, 15) is 0 Å². The van der Waals surface area contributed by atoms with Crippen molar-refractivity contribution in [3.8, 4) is 11.1 Å². The largest absolute Gasteiger partial charge is 0.456 e. The van der Waals surface area contributed by atoms with Crippen LogP contribution >= 0.6 is 0 Å². The monoisotopic (exact) mass is 584 g/mol. The molecular formula is C45H28O. The first-order valence-electron chi connectivity index (χ1n) is 16.2. The van der Waals surface area contributed by atoms with Gasteiger partial charge in [-0.1, -0.05) is 122 Å². The Bertz CT molecular complexity index is 2830. The van der Waals surface area contributed by atoms with Gasteiger partial charge in [0.05, 0.1) is 0 Å². The van der Waals surface area contributed by atoms with Crippen molar-refractivity contribution >= 4 is 76.7 Å². The van der Waals surface area contributed by atoms with Gasteiger partial charge in [0.25, 0.3) is 0 Å². The van der Waals surface area contributed by atoms with E-state index in [0.717, 1.165) is 28.4 Å². The fourth-order valence-corrected chi connectivity index (χ4v) is 8.69. The zero-order valence-corrected chi connectivity index (χ0v) is 25.4. The Morgan fingerprint density at radius 2 is 1.17 bits per heavy atom. The van der Waals surface area contributed by atoms with E-state index in [0.29, 0.717) is 0 Å². The molecular weight excluding hydrogens is 556 g/mol. The second-order valence-corrected chi connectivity index (χ2v) is 13.5. The average Bonchev–Trinajstić information content (AvgIpc) is 3.47. The highest BCUT2D eigenvalue weighted by molar-refractivity contribution is 6.25. The van der Waals surface area contributed by atoms with Gasteiger partial charge in [0.1, 0.15) is 11.2 Å². The Hall–Kier alpha value is -5.66. The van der Waals surface area contributed by atoms with Crippen molar-refractivity contribution in [3.05, 3.63) is 156 Å². The maximum atomic E-state index is 6.42. The van der Waals surface area contributed by atoms with Gasteiger partial charge in [-0.3, -0.25) is 0 Å². The van der Waals surface area contributed by atoms with Crippen LogP contribution in [-0.4, -0.2) is 0 Å². The summed E-state index contributed by atoms with van der Waals surface area (Å²) in [5, 5.41) is 12.9. The number of rotatable bonds is 2. The van der Waals surface area contributed by atoms with Crippen molar-refractivity contribution in [2.75, 3.05) is 0 Å². The van der Waals surface area contributed by atoms with E-state index in [-0.39, 0.29) is 5.41 Å². The lowest BCUT2D eigenvalue weighted by molar-refractivity contribution is 0.603. The number of allylic oxidation sites excluding steroid dienone is 2. The van der Waals surface area contributed by atoms with Crippen molar-refractivity contribution in [1.82, 2.24) is 0 Å². The Kier molecular flexibility index (Phi) is 4.57. The minimum Gasteiger partial charge on any atom is -0.456 e. The van der Waals surface area contributed by atoms with Crippen LogP contribution in [0, 0.1) is 0 Å². The molecule has 9 aromatic rings. The van der Waals surface area contributed by atoms with Gasteiger partial charge in [0.2, 0.25) is 0 Å². The Balaban J connectivity index is 1.10. The summed E-state index contributed by atoms with van der Waals surface area (Å²) in [5.74, 6) is 0. The summed E-state index contributed by atoms with van der Waals surface area (Å²) < 4.78 is 6.42. The van der Waals surface area contributed by atoms with E-state index in [1.54, 1.807) is 0 Å². The van der Waals surface area contributed by atoms with Crippen molar-refractivity contribution in [3.63, 3.8) is 0 Å². The summed E-state index contributed by atoms with van der Waals surface area (Å²) >= 11 is 0. The lowest BCUT2D eigenvalue weighted by Crippen LogP contribution is -2.25. The zero-order valence-electron chi connectivity index (χ0n) is 25.4. The van der Waals surface area contributed by atoms with Crippen molar-refractivity contribution in [1.29, 1.82) is 0 Å². The molecule has 8 aromatic carbocycles. The first-order valence-corrected chi connectivity index (χ1v) is 16.2. The fraction of sp³-hybridized carbons (Fsp3) is 0.0667. The maximum Gasteiger partial charge on any atom is 0.135 e.